The van der Waals surface area contributed by atoms with E-state index in [1.807, 2.05) is 6.07 Å². The highest BCUT2D eigenvalue weighted by atomic mass is 127. The number of nitrogens with zero attached hydrogens (tertiary/aromatic N) is 2. The van der Waals surface area contributed by atoms with Crippen LogP contribution < -0.4 is 15.4 Å². The molecule has 2 aromatic carbocycles. The van der Waals surface area contributed by atoms with Gasteiger partial charge in [0, 0.05) is 44.9 Å². The van der Waals surface area contributed by atoms with Crippen molar-refractivity contribution in [1.82, 2.24) is 19.9 Å². The molecule has 0 amide bonds. The predicted octanol–water partition coefficient (Wildman–Crippen LogP) is 2.79. The molecular formula is C21H28IN5O2S. The molecule has 0 aliphatic heterocycles. The number of benzene rings is 2. The zero-order valence-electron chi connectivity index (χ0n) is 16.9. The summed E-state index contributed by atoms with van der Waals surface area (Å²) in [6.45, 7) is 2.39. The SMILES string of the molecule is CN=C(NCCCn1ccc2ccccc21)NCCNS(=O)(=O)c1ccccc1.I. The van der Waals surface area contributed by atoms with Gasteiger partial charge in [0.2, 0.25) is 10.0 Å². The molecule has 3 N–H and O–H groups in total. The van der Waals surface area contributed by atoms with Crippen molar-refractivity contribution in [3.63, 3.8) is 0 Å². The van der Waals surface area contributed by atoms with Crippen LogP contribution in [-0.2, 0) is 16.6 Å². The number of para-hydroxylation sites is 1. The number of fused-ring (bicyclic) bond motifs is 1. The van der Waals surface area contributed by atoms with Gasteiger partial charge >= 0.3 is 0 Å². The van der Waals surface area contributed by atoms with E-state index in [4.69, 9.17) is 0 Å². The van der Waals surface area contributed by atoms with Crippen LogP contribution in [0.15, 0.2) is 76.7 Å². The van der Waals surface area contributed by atoms with Crippen molar-refractivity contribution in [2.75, 3.05) is 26.7 Å². The van der Waals surface area contributed by atoms with Crippen molar-refractivity contribution in [2.45, 2.75) is 17.9 Å². The lowest BCUT2D eigenvalue weighted by atomic mass is 10.2. The van der Waals surface area contributed by atoms with Crippen molar-refractivity contribution < 1.29 is 8.42 Å². The molecule has 9 heteroatoms. The van der Waals surface area contributed by atoms with Crippen LogP contribution in [0.2, 0.25) is 0 Å². The molecule has 0 unspecified atom stereocenters. The number of rotatable bonds is 9. The minimum atomic E-state index is -3.48. The van der Waals surface area contributed by atoms with E-state index in [9.17, 15) is 8.42 Å². The highest BCUT2D eigenvalue weighted by Crippen LogP contribution is 2.15. The van der Waals surface area contributed by atoms with Crippen LogP contribution in [0.5, 0.6) is 0 Å². The fourth-order valence-electron chi connectivity index (χ4n) is 3.06. The van der Waals surface area contributed by atoms with E-state index in [1.54, 1.807) is 37.4 Å². The first kappa shape index (κ1) is 24.2. The van der Waals surface area contributed by atoms with E-state index in [1.165, 1.54) is 10.9 Å². The van der Waals surface area contributed by atoms with Crippen LogP contribution in [0.1, 0.15) is 6.42 Å². The van der Waals surface area contributed by atoms with Gasteiger partial charge in [-0.2, -0.15) is 0 Å². The Morgan fingerprint density at radius 3 is 2.40 bits per heavy atom. The number of hydrogen-bond donors (Lipinski definition) is 3. The molecule has 0 aliphatic carbocycles. The van der Waals surface area contributed by atoms with Crippen LogP contribution in [0, 0.1) is 0 Å². The molecule has 0 fully saturated rings. The fourth-order valence-corrected chi connectivity index (χ4v) is 4.11. The highest BCUT2D eigenvalue weighted by Gasteiger charge is 2.12. The van der Waals surface area contributed by atoms with Crippen LogP contribution >= 0.6 is 24.0 Å². The average Bonchev–Trinajstić information content (AvgIpc) is 3.16. The number of halogens is 1. The van der Waals surface area contributed by atoms with E-state index < -0.39 is 10.0 Å². The van der Waals surface area contributed by atoms with Gasteiger partial charge in [-0.3, -0.25) is 4.99 Å². The van der Waals surface area contributed by atoms with Crippen molar-refractivity contribution >= 4 is 50.9 Å². The third kappa shape index (κ3) is 6.71. The number of nitrogens with one attached hydrogen (secondary N) is 3. The fraction of sp³-hybridized carbons (Fsp3) is 0.286. The summed E-state index contributed by atoms with van der Waals surface area (Å²) in [5.41, 5.74) is 1.24. The number of sulfonamides is 1. The molecule has 7 nitrogen and oxygen atoms in total. The number of guanidine groups is 1. The zero-order chi connectivity index (χ0) is 20.5. The van der Waals surface area contributed by atoms with E-state index >= 15 is 0 Å². The van der Waals surface area contributed by atoms with Gasteiger partial charge in [-0.1, -0.05) is 36.4 Å². The predicted molar refractivity (Wildman–Crippen MR) is 133 cm³/mol. The Labute approximate surface area is 195 Å². The molecule has 3 rings (SSSR count). The lowest BCUT2D eigenvalue weighted by molar-refractivity contribution is 0.580. The van der Waals surface area contributed by atoms with E-state index in [2.05, 4.69) is 55.4 Å². The van der Waals surface area contributed by atoms with Crippen LogP contribution in [0.25, 0.3) is 10.9 Å². The molecule has 162 valence electrons. The quantitative estimate of drug-likeness (QED) is 0.168. The first-order valence-corrected chi connectivity index (χ1v) is 11.1. The molecule has 0 spiro atoms. The summed E-state index contributed by atoms with van der Waals surface area (Å²) in [5.74, 6) is 0.654. The summed E-state index contributed by atoms with van der Waals surface area (Å²) in [4.78, 5) is 4.44. The largest absolute Gasteiger partial charge is 0.356 e. The minimum absolute atomic E-state index is 0. The lowest BCUT2D eigenvalue weighted by Gasteiger charge is -2.13. The molecule has 0 saturated carbocycles. The third-order valence-electron chi connectivity index (χ3n) is 4.54. The second-order valence-corrected chi connectivity index (χ2v) is 8.33. The van der Waals surface area contributed by atoms with Crippen molar-refractivity contribution in [2.24, 2.45) is 4.99 Å². The van der Waals surface area contributed by atoms with Gasteiger partial charge in [0.15, 0.2) is 5.96 Å². The molecule has 0 bridgehead atoms. The van der Waals surface area contributed by atoms with Crippen LogP contribution in [-0.4, -0.2) is 45.6 Å². The number of aromatic nitrogens is 1. The Bertz CT molecular complexity index is 1050. The molecule has 0 aliphatic rings. The van der Waals surface area contributed by atoms with Gasteiger partial charge in [-0.25, -0.2) is 13.1 Å². The van der Waals surface area contributed by atoms with Crippen LogP contribution in [0.3, 0.4) is 0 Å². The Morgan fingerprint density at radius 2 is 1.63 bits per heavy atom. The van der Waals surface area contributed by atoms with Crippen LogP contribution in [0.4, 0.5) is 0 Å². The Balaban J connectivity index is 0.00000320. The van der Waals surface area contributed by atoms with Crippen molar-refractivity contribution in [1.29, 1.82) is 0 Å². The smallest absolute Gasteiger partial charge is 0.240 e. The monoisotopic (exact) mass is 541 g/mol. The zero-order valence-corrected chi connectivity index (χ0v) is 20.1. The third-order valence-corrected chi connectivity index (χ3v) is 6.01. The topological polar surface area (TPSA) is 87.5 Å². The number of aliphatic imine (C=N–C) groups is 1. The Morgan fingerprint density at radius 1 is 0.933 bits per heavy atom. The minimum Gasteiger partial charge on any atom is -0.356 e. The number of hydrogen-bond acceptors (Lipinski definition) is 3. The van der Waals surface area contributed by atoms with Gasteiger partial charge in [0.25, 0.3) is 0 Å². The maximum absolute atomic E-state index is 12.2. The molecule has 1 heterocycles. The first-order chi connectivity index (χ1) is 14.1. The second-order valence-electron chi connectivity index (χ2n) is 6.56. The standard InChI is InChI=1S/C21H27N5O2S.HI/c1-22-21(24-14-15-25-29(27,28)19-9-3-2-4-10-19)23-13-7-16-26-17-12-18-8-5-6-11-20(18)26;/h2-6,8-12,17,25H,7,13-16H2,1H3,(H2,22,23,24);1H. The normalized spacial score (nSPS) is 11.8. The molecule has 30 heavy (non-hydrogen) atoms. The maximum Gasteiger partial charge on any atom is 0.240 e. The molecule has 1 aromatic heterocycles. The Hall–Kier alpha value is -2.11. The summed E-state index contributed by atoms with van der Waals surface area (Å²) in [7, 11) is -1.78. The molecule has 0 atom stereocenters. The summed E-state index contributed by atoms with van der Waals surface area (Å²) < 4.78 is 29.2. The highest BCUT2D eigenvalue weighted by molar-refractivity contribution is 14.0. The summed E-state index contributed by atoms with van der Waals surface area (Å²) in [6.07, 6.45) is 3.05. The van der Waals surface area contributed by atoms with E-state index in [-0.39, 0.29) is 35.4 Å². The summed E-state index contributed by atoms with van der Waals surface area (Å²) in [5, 5.41) is 7.63. The average molecular weight is 541 g/mol. The van der Waals surface area contributed by atoms with Gasteiger partial charge in [0.1, 0.15) is 0 Å². The maximum atomic E-state index is 12.2. The first-order valence-electron chi connectivity index (χ1n) is 9.63. The van der Waals surface area contributed by atoms with Gasteiger partial charge in [-0.05, 0) is 36.1 Å². The van der Waals surface area contributed by atoms with Crippen molar-refractivity contribution in [3.05, 3.63) is 66.9 Å². The van der Waals surface area contributed by atoms with Gasteiger partial charge < -0.3 is 15.2 Å². The van der Waals surface area contributed by atoms with Crippen molar-refractivity contribution in [3.8, 4) is 0 Å². The summed E-state index contributed by atoms with van der Waals surface area (Å²) in [6, 6.07) is 18.8. The molecule has 3 aromatic rings. The molecule has 0 radical (unpaired) electrons. The molecular weight excluding hydrogens is 513 g/mol. The van der Waals surface area contributed by atoms with Gasteiger partial charge in [0.05, 0.1) is 4.90 Å². The Kier molecular flexibility index (Phi) is 9.60. The molecule has 0 saturated heterocycles. The number of aryl methyl sites for hydroxylation is 1. The van der Waals surface area contributed by atoms with E-state index in [0.29, 0.717) is 12.5 Å². The van der Waals surface area contributed by atoms with E-state index in [0.717, 1.165) is 19.5 Å². The van der Waals surface area contributed by atoms with Gasteiger partial charge in [-0.15, -0.1) is 24.0 Å². The lowest BCUT2D eigenvalue weighted by Crippen LogP contribution is -2.41. The summed E-state index contributed by atoms with van der Waals surface area (Å²) >= 11 is 0. The second kappa shape index (κ2) is 11.9.